The molecular weight excluding hydrogens is 252 g/mol. The topological polar surface area (TPSA) is 70.5 Å². The van der Waals surface area contributed by atoms with E-state index in [9.17, 15) is 14.7 Å². The van der Waals surface area contributed by atoms with Crippen molar-refractivity contribution in [2.45, 2.75) is 26.7 Å². The fourth-order valence-electron chi connectivity index (χ4n) is 2.28. The molecule has 1 amide bonds. The number of rotatable bonds is 3. The van der Waals surface area contributed by atoms with Gasteiger partial charge in [0.1, 0.15) is 4.88 Å². The fraction of sp³-hybridized carbons (Fsp3) is 0.583. The van der Waals surface area contributed by atoms with E-state index < -0.39 is 11.4 Å². The lowest BCUT2D eigenvalue weighted by Gasteiger charge is -2.22. The summed E-state index contributed by atoms with van der Waals surface area (Å²) < 4.78 is 0. The first-order valence-corrected chi connectivity index (χ1v) is 6.75. The Balaban J connectivity index is 2.13. The van der Waals surface area contributed by atoms with Crippen LogP contribution in [0.4, 0.5) is 0 Å². The maximum absolute atomic E-state index is 12.2. The molecule has 1 aromatic heterocycles. The van der Waals surface area contributed by atoms with Crippen LogP contribution in [0.15, 0.2) is 6.20 Å². The number of aliphatic carboxylic acids is 1. The van der Waals surface area contributed by atoms with E-state index in [0.29, 0.717) is 30.8 Å². The fourth-order valence-corrected chi connectivity index (χ4v) is 3.02. The summed E-state index contributed by atoms with van der Waals surface area (Å²) in [7, 11) is 0. The Morgan fingerprint density at radius 1 is 1.61 bits per heavy atom. The van der Waals surface area contributed by atoms with Crippen molar-refractivity contribution >= 4 is 23.2 Å². The summed E-state index contributed by atoms with van der Waals surface area (Å²) in [6.07, 6.45) is 2.64. The van der Waals surface area contributed by atoms with E-state index in [1.165, 1.54) is 11.3 Å². The molecule has 1 saturated heterocycles. The second-order valence-corrected chi connectivity index (χ2v) is 5.89. The summed E-state index contributed by atoms with van der Waals surface area (Å²) in [6.45, 7) is 4.52. The minimum Gasteiger partial charge on any atom is -0.481 e. The second kappa shape index (κ2) is 4.68. The maximum atomic E-state index is 12.2. The van der Waals surface area contributed by atoms with Gasteiger partial charge in [-0.2, -0.15) is 0 Å². The predicted octanol–water partition coefficient (Wildman–Crippen LogP) is 1.78. The zero-order valence-electron chi connectivity index (χ0n) is 10.5. The van der Waals surface area contributed by atoms with E-state index >= 15 is 0 Å². The number of hydrogen-bond donors (Lipinski definition) is 1. The molecule has 1 atom stereocenters. The van der Waals surface area contributed by atoms with E-state index in [4.69, 9.17) is 0 Å². The van der Waals surface area contributed by atoms with Gasteiger partial charge in [0.05, 0.1) is 16.6 Å². The first-order chi connectivity index (χ1) is 8.48. The first kappa shape index (κ1) is 13.0. The Morgan fingerprint density at radius 2 is 2.33 bits per heavy atom. The average molecular weight is 268 g/mol. The monoisotopic (exact) mass is 268 g/mol. The Kier molecular flexibility index (Phi) is 3.38. The molecule has 6 heteroatoms. The number of carbonyl (C=O) groups is 2. The highest BCUT2D eigenvalue weighted by Gasteiger charge is 2.45. The van der Waals surface area contributed by atoms with Gasteiger partial charge in [-0.25, -0.2) is 4.98 Å². The van der Waals surface area contributed by atoms with Crippen molar-refractivity contribution in [3.05, 3.63) is 16.1 Å². The van der Waals surface area contributed by atoms with Crippen molar-refractivity contribution in [1.82, 2.24) is 9.88 Å². The molecule has 0 aromatic carbocycles. The zero-order chi connectivity index (χ0) is 13.3. The van der Waals surface area contributed by atoms with E-state index in [2.05, 4.69) is 4.98 Å². The maximum Gasteiger partial charge on any atom is 0.311 e. The molecule has 0 saturated carbocycles. The molecule has 1 fully saturated rings. The second-order valence-electron chi connectivity index (χ2n) is 4.66. The van der Waals surface area contributed by atoms with E-state index in [1.54, 1.807) is 11.1 Å². The third-order valence-electron chi connectivity index (χ3n) is 3.60. The molecule has 1 unspecified atom stereocenters. The molecule has 1 aromatic rings. The minimum atomic E-state index is -0.805. The van der Waals surface area contributed by atoms with Crippen molar-refractivity contribution in [2.24, 2.45) is 5.41 Å². The molecule has 2 rings (SSSR count). The van der Waals surface area contributed by atoms with Crippen LogP contribution in [-0.4, -0.2) is 40.0 Å². The Hall–Kier alpha value is -1.43. The molecule has 5 nitrogen and oxygen atoms in total. The van der Waals surface area contributed by atoms with Gasteiger partial charge >= 0.3 is 5.97 Å². The summed E-state index contributed by atoms with van der Waals surface area (Å²) in [4.78, 5) is 29.8. The molecule has 1 N–H and O–H groups in total. The number of hydrogen-bond acceptors (Lipinski definition) is 4. The van der Waals surface area contributed by atoms with Crippen LogP contribution in [0.25, 0.3) is 0 Å². The molecule has 1 aliphatic rings. The van der Waals surface area contributed by atoms with Crippen LogP contribution >= 0.6 is 11.3 Å². The lowest BCUT2D eigenvalue weighted by atomic mass is 9.84. The van der Waals surface area contributed by atoms with Crippen LogP contribution in [0.5, 0.6) is 0 Å². The predicted molar refractivity (Wildman–Crippen MR) is 67.7 cm³/mol. The molecule has 0 bridgehead atoms. The summed E-state index contributed by atoms with van der Waals surface area (Å²) in [5.41, 5.74) is -0.768. The highest BCUT2D eigenvalue weighted by molar-refractivity contribution is 7.13. The van der Waals surface area contributed by atoms with Gasteiger partial charge in [-0.3, -0.25) is 9.59 Å². The Morgan fingerprint density at radius 3 is 2.78 bits per heavy atom. The van der Waals surface area contributed by atoms with Crippen LogP contribution in [0.1, 0.15) is 34.4 Å². The summed E-state index contributed by atoms with van der Waals surface area (Å²) in [5.74, 6) is -0.905. The highest BCUT2D eigenvalue weighted by atomic mass is 32.1. The summed E-state index contributed by atoms with van der Waals surface area (Å²) in [6, 6.07) is 0. The van der Waals surface area contributed by atoms with E-state index in [0.717, 1.165) is 5.01 Å². The van der Waals surface area contributed by atoms with Crippen molar-refractivity contribution in [2.75, 3.05) is 13.1 Å². The molecule has 1 aliphatic heterocycles. The van der Waals surface area contributed by atoms with Crippen molar-refractivity contribution in [3.8, 4) is 0 Å². The normalized spacial score (nSPS) is 23.3. The van der Waals surface area contributed by atoms with Crippen molar-refractivity contribution in [3.63, 3.8) is 0 Å². The van der Waals surface area contributed by atoms with E-state index in [-0.39, 0.29) is 5.91 Å². The van der Waals surface area contributed by atoms with Gasteiger partial charge in [0.25, 0.3) is 5.91 Å². The van der Waals surface area contributed by atoms with Gasteiger partial charge < -0.3 is 10.0 Å². The van der Waals surface area contributed by atoms with Crippen molar-refractivity contribution in [1.29, 1.82) is 0 Å². The number of likely N-dealkylation sites (tertiary alicyclic amines) is 1. The van der Waals surface area contributed by atoms with Gasteiger partial charge in [-0.05, 0) is 19.8 Å². The quantitative estimate of drug-likeness (QED) is 0.907. The van der Waals surface area contributed by atoms with Crippen LogP contribution in [0.3, 0.4) is 0 Å². The lowest BCUT2D eigenvalue weighted by Crippen LogP contribution is -2.36. The zero-order valence-corrected chi connectivity index (χ0v) is 11.3. The van der Waals surface area contributed by atoms with Gasteiger partial charge in [0.15, 0.2) is 0 Å². The number of thiazole rings is 1. The summed E-state index contributed by atoms with van der Waals surface area (Å²) >= 11 is 1.35. The molecule has 18 heavy (non-hydrogen) atoms. The third kappa shape index (κ3) is 2.12. The van der Waals surface area contributed by atoms with Gasteiger partial charge in [0.2, 0.25) is 0 Å². The van der Waals surface area contributed by atoms with Crippen LogP contribution < -0.4 is 0 Å². The molecule has 0 aliphatic carbocycles. The average Bonchev–Trinajstić information content (AvgIpc) is 2.95. The summed E-state index contributed by atoms with van der Waals surface area (Å²) in [5, 5.41) is 10.1. The molecule has 98 valence electrons. The number of amides is 1. The Bertz CT molecular complexity index is 485. The molecule has 2 heterocycles. The number of nitrogens with zero attached hydrogens (tertiary/aromatic N) is 2. The number of carboxylic acid groups (broad SMARTS) is 1. The highest BCUT2D eigenvalue weighted by Crippen LogP contribution is 2.35. The number of carbonyl (C=O) groups excluding carboxylic acids is 1. The number of aryl methyl sites for hydroxylation is 1. The molecular formula is C12H16N2O3S. The minimum absolute atomic E-state index is 0.0998. The van der Waals surface area contributed by atoms with Gasteiger partial charge in [-0.15, -0.1) is 11.3 Å². The van der Waals surface area contributed by atoms with Gasteiger partial charge in [0, 0.05) is 13.1 Å². The van der Waals surface area contributed by atoms with E-state index in [1.807, 2.05) is 13.8 Å². The molecule has 0 spiro atoms. The van der Waals surface area contributed by atoms with Crippen molar-refractivity contribution < 1.29 is 14.7 Å². The number of aromatic nitrogens is 1. The third-order valence-corrected chi connectivity index (χ3v) is 4.50. The largest absolute Gasteiger partial charge is 0.481 e. The smallest absolute Gasteiger partial charge is 0.311 e. The van der Waals surface area contributed by atoms with Gasteiger partial charge in [-0.1, -0.05) is 6.92 Å². The van der Waals surface area contributed by atoms with Crippen LogP contribution in [-0.2, 0) is 4.79 Å². The first-order valence-electron chi connectivity index (χ1n) is 5.93. The molecule has 0 radical (unpaired) electrons. The van der Waals surface area contributed by atoms with Crippen LogP contribution in [0.2, 0.25) is 0 Å². The standard InChI is InChI=1S/C12H16N2O3S/c1-3-12(11(16)17)4-5-14(7-12)10(15)9-6-13-8(2)18-9/h6H,3-5,7H2,1-2H3,(H,16,17). The SMILES string of the molecule is CCC1(C(=O)O)CCN(C(=O)c2cnc(C)s2)C1. The lowest BCUT2D eigenvalue weighted by molar-refractivity contribution is -0.148. The van der Waals surface area contributed by atoms with Crippen LogP contribution in [0, 0.1) is 12.3 Å². The Labute approximate surface area is 109 Å². The number of carboxylic acids is 1.